The van der Waals surface area contributed by atoms with E-state index in [2.05, 4.69) is 33.8 Å². The predicted octanol–water partition coefficient (Wildman–Crippen LogP) is 6.00. The lowest BCUT2D eigenvalue weighted by Crippen LogP contribution is -2.58. The summed E-state index contributed by atoms with van der Waals surface area (Å²) in [4.78, 5) is 1.32. The van der Waals surface area contributed by atoms with Gasteiger partial charge in [0.25, 0.3) is 0 Å². The average Bonchev–Trinajstić information content (AvgIpc) is 2.45. The molecule has 2 saturated carbocycles. The van der Waals surface area contributed by atoms with Gasteiger partial charge in [-0.15, -0.1) is 11.8 Å². The number of rotatable bonds is 0. The van der Waals surface area contributed by atoms with Crippen molar-refractivity contribution in [3.63, 3.8) is 0 Å². The Morgan fingerprint density at radius 3 is 2.61 bits per heavy atom. The Labute approximate surface area is 145 Å². The molecule has 0 aromatic heterocycles. The fraction of sp³-hybridized carbons (Fsp3) is 0.714. The molecule has 0 amide bonds. The van der Waals surface area contributed by atoms with E-state index in [9.17, 15) is 5.11 Å². The third-order valence-electron chi connectivity index (χ3n) is 7.78. The summed E-state index contributed by atoms with van der Waals surface area (Å²) in [5.74, 6) is 3.25. The Hall–Kier alpha value is -0.630. The van der Waals surface area contributed by atoms with Crippen LogP contribution in [0.2, 0.25) is 0 Å². The van der Waals surface area contributed by atoms with E-state index in [1.807, 2.05) is 23.9 Å². The second-order valence-electron chi connectivity index (χ2n) is 9.40. The zero-order chi connectivity index (χ0) is 16.5. The Morgan fingerprint density at radius 1 is 1.04 bits per heavy atom. The van der Waals surface area contributed by atoms with Gasteiger partial charge in [0.15, 0.2) is 0 Å². The zero-order valence-corrected chi connectivity index (χ0v) is 15.8. The van der Waals surface area contributed by atoms with E-state index in [1.165, 1.54) is 48.3 Å². The summed E-state index contributed by atoms with van der Waals surface area (Å²) in [6, 6.07) is 6.09. The number of aromatic hydroxyl groups is 1. The van der Waals surface area contributed by atoms with E-state index < -0.39 is 0 Å². The maximum Gasteiger partial charge on any atom is 0.116 e. The van der Waals surface area contributed by atoms with Crippen LogP contribution in [0, 0.1) is 22.7 Å². The lowest BCUT2D eigenvalue weighted by molar-refractivity contribution is -0.0973. The van der Waals surface area contributed by atoms with E-state index in [4.69, 9.17) is 0 Å². The van der Waals surface area contributed by atoms with Gasteiger partial charge in [0.05, 0.1) is 0 Å². The van der Waals surface area contributed by atoms with Crippen LogP contribution < -0.4 is 0 Å². The van der Waals surface area contributed by atoms with Gasteiger partial charge < -0.3 is 5.11 Å². The number of thioether (sulfide) groups is 1. The molecule has 3 aliphatic rings. The molecule has 1 nitrogen and oxygen atoms in total. The average molecular weight is 331 g/mol. The maximum absolute atomic E-state index is 9.86. The second kappa shape index (κ2) is 4.94. The minimum absolute atomic E-state index is 0.285. The van der Waals surface area contributed by atoms with Gasteiger partial charge in [-0.2, -0.15) is 0 Å². The smallest absolute Gasteiger partial charge is 0.116 e. The lowest BCUT2D eigenvalue weighted by Gasteiger charge is -2.64. The highest BCUT2D eigenvalue weighted by Crippen LogP contribution is 2.67. The van der Waals surface area contributed by atoms with Crippen LogP contribution in [-0.2, 0) is 5.41 Å². The molecule has 1 aromatic rings. The first-order chi connectivity index (χ1) is 10.8. The molecule has 0 radical (unpaired) electrons. The van der Waals surface area contributed by atoms with E-state index in [0.717, 1.165) is 11.8 Å². The van der Waals surface area contributed by atoms with Crippen molar-refractivity contribution in [3.8, 4) is 5.75 Å². The van der Waals surface area contributed by atoms with Gasteiger partial charge in [0.2, 0.25) is 0 Å². The first-order valence-electron chi connectivity index (χ1n) is 9.24. The van der Waals surface area contributed by atoms with Crippen molar-refractivity contribution in [3.05, 3.63) is 23.8 Å². The number of fused-ring (bicyclic) bond motifs is 5. The summed E-state index contributed by atoms with van der Waals surface area (Å²) in [6.45, 7) is 10.1. The molecule has 0 saturated heterocycles. The van der Waals surface area contributed by atoms with Gasteiger partial charge >= 0.3 is 0 Å². The molecule has 4 atom stereocenters. The molecule has 4 rings (SSSR count). The Kier molecular flexibility index (Phi) is 3.41. The first kappa shape index (κ1) is 15.9. The van der Waals surface area contributed by atoms with Crippen molar-refractivity contribution in [1.82, 2.24) is 0 Å². The normalized spacial score (nSPS) is 41.6. The highest BCUT2D eigenvalue weighted by Gasteiger charge is 2.59. The summed E-state index contributed by atoms with van der Waals surface area (Å²) in [5, 5.41) is 9.86. The van der Waals surface area contributed by atoms with E-state index >= 15 is 0 Å². The van der Waals surface area contributed by atoms with Crippen molar-refractivity contribution in [2.45, 2.75) is 70.1 Å². The fourth-order valence-electron chi connectivity index (χ4n) is 6.62. The molecule has 0 bridgehead atoms. The SMILES string of the molecule is CC1(C)CCCC2(C)C1CCC1(C)c3ccc(O)cc3SCC12. The van der Waals surface area contributed by atoms with E-state index in [1.54, 1.807) is 0 Å². The number of phenols is 1. The van der Waals surface area contributed by atoms with Crippen LogP contribution in [0.3, 0.4) is 0 Å². The number of benzene rings is 1. The predicted molar refractivity (Wildman–Crippen MR) is 98.1 cm³/mol. The molecule has 4 unspecified atom stereocenters. The van der Waals surface area contributed by atoms with Gasteiger partial charge in [-0.3, -0.25) is 0 Å². The van der Waals surface area contributed by atoms with Crippen LogP contribution in [0.5, 0.6) is 5.75 Å². The molecule has 2 heteroatoms. The molecule has 126 valence electrons. The minimum atomic E-state index is 0.285. The largest absolute Gasteiger partial charge is 0.508 e. The lowest BCUT2D eigenvalue weighted by atomic mass is 9.43. The third kappa shape index (κ3) is 2.13. The van der Waals surface area contributed by atoms with E-state index in [0.29, 0.717) is 16.6 Å². The summed E-state index contributed by atoms with van der Waals surface area (Å²) in [5.41, 5.74) is 2.75. The summed E-state index contributed by atoms with van der Waals surface area (Å²) in [7, 11) is 0. The number of phenolic OH excluding ortho intramolecular Hbond substituents is 1. The third-order valence-corrected chi connectivity index (χ3v) is 8.93. The van der Waals surface area contributed by atoms with E-state index in [-0.39, 0.29) is 5.41 Å². The van der Waals surface area contributed by atoms with Gasteiger partial charge in [0.1, 0.15) is 5.75 Å². The molecule has 2 aliphatic carbocycles. The zero-order valence-electron chi connectivity index (χ0n) is 15.0. The molecular weight excluding hydrogens is 300 g/mol. The Balaban J connectivity index is 1.80. The summed E-state index contributed by atoms with van der Waals surface area (Å²) < 4.78 is 0. The molecule has 2 fully saturated rings. The second-order valence-corrected chi connectivity index (χ2v) is 10.5. The molecule has 1 aliphatic heterocycles. The van der Waals surface area contributed by atoms with Crippen molar-refractivity contribution in [2.75, 3.05) is 5.75 Å². The molecule has 23 heavy (non-hydrogen) atoms. The highest BCUT2D eigenvalue weighted by molar-refractivity contribution is 7.99. The molecular formula is C21H30OS. The van der Waals surface area contributed by atoms with Crippen LogP contribution in [0.1, 0.15) is 65.4 Å². The number of hydrogen-bond donors (Lipinski definition) is 1. The Bertz CT molecular complexity index is 637. The molecule has 0 spiro atoms. The van der Waals surface area contributed by atoms with Crippen LogP contribution in [0.4, 0.5) is 0 Å². The number of hydrogen-bond acceptors (Lipinski definition) is 2. The first-order valence-corrected chi connectivity index (χ1v) is 10.2. The Morgan fingerprint density at radius 2 is 1.83 bits per heavy atom. The quantitative estimate of drug-likeness (QED) is 0.629. The van der Waals surface area contributed by atoms with Crippen LogP contribution in [-0.4, -0.2) is 10.9 Å². The molecule has 1 aromatic carbocycles. The summed E-state index contributed by atoms with van der Waals surface area (Å²) in [6.07, 6.45) is 6.85. The van der Waals surface area contributed by atoms with Gasteiger partial charge in [-0.25, -0.2) is 0 Å². The fourth-order valence-corrected chi connectivity index (χ4v) is 8.38. The minimum Gasteiger partial charge on any atom is -0.508 e. The molecule has 1 heterocycles. The monoisotopic (exact) mass is 330 g/mol. The standard InChI is InChI=1S/C21H30OS/c1-19(2)9-5-10-21(4)17(19)8-11-20(3)15-7-6-14(22)12-16(15)23-13-18(20)21/h6-7,12,17-18,22H,5,8-11,13H2,1-4H3. The van der Waals surface area contributed by atoms with Crippen LogP contribution in [0.15, 0.2) is 23.1 Å². The van der Waals surface area contributed by atoms with Crippen LogP contribution >= 0.6 is 11.8 Å². The van der Waals surface area contributed by atoms with Gasteiger partial charge in [0, 0.05) is 10.6 Å². The van der Waals surface area contributed by atoms with Crippen molar-refractivity contribution in [1.29, 1.82) is 0 Å². The van der Waals surface area contributed by atoms with Crippen molar-refractivity contribution < 1.29 is 5.11 Å². The van der Waals surface area contributed by atoms with Crippen molar-refractivity contribution in [2.24, 2.45) is 22.7 Å². The topological polar surface area (TPSA) is 20.2 Å². The van der Waals surface area contributed by atoms with Crippen molar-refractivity contribution >= 4 is 11.8 Å². The van der Waals surface area contributed by atoms with Gasteiger partial charge in [-0.1, -0.05) is 40.2 Å². The van der Waals surface area contributed by atoms with Gasteiger partial charge in [-0.05, 0) is 71.5 Å². The highest BCUT2D eigenvalue weighted by atomic mass is 32.2. The van der Waals surface area contributed by atoms with Crippen LogP contribution in [0.25, 0.3) is 0 Å². The summed E-state index contributed by atoms with van der Waals surface area (Å²) >= 11 is 1.98. The maximum atomic E-state index is 9.86. The molecule has 1 N–H and O–H groups in total.